The van der Waals surface area contributed by atoms with E-state index in [-0.39, 0.29) is 30.4 Å². The summed E-state index contributed by atoms with van der Waals surface area (Å²) in [4.78, 5) is 12.1. The zero-order chi connectivity index (χ0) is 15.4. The van der Waals surface area contributed by atoms with Gasteiger partial charge in [0.15, 0.2) is 0 Å². The van der Waals surface area contributed by atoms with E-state index in [0.29, 0.717) is 0 Å². The first-order valence-electron chi connectivity index (χ1n) is 7.93. The lowest BCUT2D eigenvalue weighted by Crippen LogP contribution is -2.41. The molecule has 3 nitrogen and oxygen atoms in total. The second-order valence-electron chi connectivity index (χ2n) is 5.87. The van der Waals surface area contributed by atoms with Gasteiger partial charge in [-0.1, -0.05) is 54.6 Å². The van der Waals surface area contributed by atoms with Crippen molar-refractivity contribution in [3.05, 3.63) is 60.2 Å². The molecule has 1 aliphatic rings. The standard InChI is InChI=1S/C19H22N2O.ClH/c1-14(21-19(22)18-8-5-13-20-18)15-9-11-17(12-10-15)16-6-3-2-4-7-16;/h2-4,6-7,9-12,14,18,20H,5,8,13H2,1H3,(H,21,22);1H. The molecule has 2 aromatic rings. The van der Waals surface area contributed by atoms with Gasteiger partial charge in [0.25, 0.3) is 0 Å². The molecule has 1 heterocycles. The first-order valence-corrected chi connectivity index (χ1v) is 7.93. The second kappa shape index (κ2) is 8.14. The molecule has 23 heavy (non-hydrogen) atoms. The minimum absolute atomic E-state index is 0. The fourth-order valence-electron chi connectivity index (χ4n) is 2.90. The van der Waals surface area contributed by atoms with Crippen molar-refractivity contribution in [3.8, 4) is 11.1 Å². The SMILES string of the molecule is CC(NC(=O)C1CCCN1)c1ccc(-c2ccccc2)cc1.Cl. The minimum Gasteiger partial charge on any atom is -0.348 e. The second-order valence-corrected chi connectivity index (χ2v) is 5.87. The van der Waals surface area contributed by atoms with Gasteiger partial charge >= 0.3 is 0 Å². The molecule has 1 amide bonds. The molecule has 1 saturated heterocycles. The number of hydrogen-bond acceptors (Lipinski definition) is 2. The first-order chi connectivity index (χ1) is 10.7. The maximum atomic E-state index is 12.1. The third kappa shape index (κ3) is 4.34. The molecule has 3 rings (SSSR count). The normalized spacial score (nSPS) is 18.0. The van der Waals surface area contributed by atoms with E-state index in [4.69, 9.17) is 0 Å². The lowest BCUT2D eigenvalue weighted by molar-refractivity contribution is -0.123. The van der Waals surface area contributed by atoms with Crippen LogP contribution in [0.5, 0.6) is 0 Å². The van der Waals surface area contributed by atoms with Crippen LogP contribution in [-0.2, 0) is 4.79 Å². The lowest BCUT2D eigenvalue weighted by Gasteiger charge is -2.18. The highest BCUT2D eigenvalue weighted by atomic mass is 35.5. The highest BCUT2D eigenvalue weighted by Crippen LogP contribution is 2.22. The highest BCUT2D eigenvalue weighted by molar-refractivity contribution is 5.85. The Bertz CT molecular complexity index is 622. The number of amides is 1. The minimum atomic E-state index is -0.0222. The van der Waals surface area contributed by atoms with Gasteiger partial charge < -0.3 is 10.6 Å². The number of nitrogens with one attached hydrogen (secondary N) is 2. The summed E-state index contributed by atoms with van der Waals surface area (Å²) in [6, 6.07) is 18.7. The monoisotopic (exact) mass is 330 g/mol. The molecule has 2 unspecified atom stereocenters. The highest BCUT2D eigenvalue weighted by Gasteiger charge is 2.23. The zero-order valence-electron chi connectivity index (χ0n) is 13.3. The van der Waals surface area contributed by atoms with Gasteiger partial charge in [-0.25, -0.2) is 0 Å². The van der Waals surface area contributed by atoms with Gasteiger partial charge in [0.1, 0.15) is 0 Å². The van der Waals surface area contributed by atoms with Gasteiger partial charge in [0.2, 0.25) is 5.91 Å². The molecule has 0 spiro atoms. The van der Waals surface area contributed by atoms with Crippen LogP contribution in [0.4, 0.5) is 0 Å². The van der Waals surface area contributed by atoms with Crippen LogP contribution in [0.25, 0.3) is 11.1 Å². The smallest absolute Gasteiger partial charge is 0.237 e. The summed E-state index contributed by atoms with van der Waals surface area (Å²) < 4.78 is 0. The summed E-state index contributed by atoms with van der Waals surface area (Å²) in [5.41, 5.74) is 3.53. The van der Waals surface area contributed by atoms with Crippen LogP contribution in [0.1, 0.15) is 31.4 Å². The van der Waals surface area contributed by atoms with Crippen molar-refractivity contribution in [1.29, 1.82) is 0 Å². The maximum absolute atomic E-state index is 12.1. The van der Waals surface area contributed by atoms with E-state index in [9.17, 15) is 4.79 Å². The lowest BCUT2D eigenvalue weighted by atomic mass is 10.0. The topological polar surface area (TPSA) is 41.1 Å². The average molecular weight is 331 g/mol. The molecule has 4 heteroatoms. The molecule has 0 bridgehead atoms. The van der Waals surface area contributed by atoms with Crippen molar-refractivity contribution in [2.75, 3.05) is 6.54 Å². The quantitative estimate of drug-likeness (QED) is 0.897. The summed E-state index contributed by atoms with van der Waals surface area (Å²) >= 11 is 0. The van der Waals surface area contributed by atoms with Gasteiger partial charge in [-0.05, 0) is 43.0 Å². The summed E-state index contributed by atoms with van der Waals surface area (Å²) in [5, 5.41) is 6.33. The summed E-state index contributed by atoms with van der Waals surface area (Å²) in [5.74, 6) is 0.108. The Labute approximate surface area is 143 Å². The van der Waals surface area contributed by atoms with Gasteiger partial charge in [-0.3, -0.25) is 4.79 Å². The third-order valence-electron chi connectivity index (χ3n) is 4.25. The Kier molecular flexibility index (Phi) is 6.20. The van der Waals surface area contributed by atoms with Crippen molar-refractivity contribution in [2.45, 2.75) is 31.8 Å². The molecule has 0 aromatic heterocycles. The Hall–Kier alpha value is -1.84. The van der Waals surface area contributed by atoms with Crippen LogP contribution >= 0.6 is 12.4 Å². The van der Waals surface area contributed by atoms with E-state index in [1.165, 1.54) is 11.1 Å². The van der Waals surface area contributed by atoms with Crippen molar-refractivity contribution in [3.63, 3.8) is 0 Å². The van der Waals surface area contributed by atoms with E-state index in [2.05, 4.69) is 47.0 Å². The first kappa shape index (κ1) is 17.5. The molecule has 2 aromatic carbocycles. The molecular weight excluding hydrogens is 308 g/mol. The van der Waals surface area contributed by atoms with Crippen molar-refractivity contribution < 1.29 is 4.79 Å². The third-order valence-corrected chi connectivity index (χ3v) is 4.25. The van der Waals surface area contributed by atoms with Crippen LogP contribution in [0.2, 0.25) is 0 Å². The van der Waals surface area contributed by atoms with Crippen molar-refractivity contribution in [1.82, 2.24) is 10.6 Å². The average Bonchev–Trinajstić information content (AvgIpc) is 3.10. The predicted octanol–water partition coefficient (Wildman–Crippen LogP) is 3.70. The molecule has 0 aliphatic carbocycles. The van der Waals surface area contributed by atoms with E-state index >= 15 is 0 Å². The van der Waals surface area contributed by atoms with E-state index in [1.807, 2.05) is 25.1 Å². The summed E-state index contributed by atoms with van der Waals surface area (Å²) in [6.45, 7) is 2.97. The predicted molar refractivity (Wildman–Crippen MR) is 96.7 cm³/mol. The Morgan fingerprint density at radius 3 is 2.35 bits per heavy atom. The number of carbonyl (C=O) groups is 1. The number of benzene rings is 2. The molecule has 1 fully saturated rings. The van der Waals surface area contributed by atoms with Crippen LogP contribution in [0, 0.1) is 0 Å². The van der Waals surface area contributed by atoms with Crippen LogP contribution in [0.3, 0.4) is 0 Å². The Morgan fingerprint density at radius 1 is 1.09 bits per heavy atom. The van der Waals surface area contributed by atoms with Gasteiger partial charge in [-0.15, -0.1) is 12.4 Å². The molecule has 2 N–H and O–H groups in total. The Balaban J connectivity index is 0.00000192. The number of hydrogen-bond donors (Lipinski definition) is 2. The van der Waals surface area contributed by atoms with Gasteiger partial charge in [0, 0.05) is 0 Å². The van der Waals surface area contributed by atoms with Gasteiger partial charge in [-0.2, -0.15) is 0 Å². The molecule has 122 valence electrons. The number of rotatable bonds is 4. The van der Waals surface area contributed by atoms with E-state index in [1.54, 1.807) is 0 Å². The van der Waals surface area contributed by atoms with Crippen LogP contribution < -0.4 is 10.6 Å². The molecular formula is C19H23ClN2O. The largest absolute Gasteiger partial charge is 0.348 e. The molecule has 1 aliphatic heterocycles. The number of halogens is 1. The summed E-state index contributed by atoms with van der Waals surface area (Å²) in [6.07, 6.45) is 2.02. The molecule has 0 saturated carbocycles. The van der Waals surface area contributed by atoms with Crippen molar-refractivity contribution >= 4 is 18.3 Å². The van der Waals surface area contributed by atoms with Gasteiger partial charge in [0.05, 0.1) is 12.1 Å². The maximum Gasteiger partial charge on any atom is 0.237 e. The summed E-state index contributed by atoms with van der Waals surface area (Å²) in [7, 11) is 0. The van der Waals surface area contributed by atoms with Crippen LogP contribution in [0.15, 0.2) is 54.6 Å². The fraction of sp³-hybridized carbons (Fsp3) is 0.316. The van der Waals surface area contributed by atoms with Crippen LogP contribution in [-0.4, -0.2) is 18.5 Å². The molecule has 2 atom stereocenters. The van der Waals surface area contributed by atoms with E-state index < -0.39 is 0 Å². The molecule has 0 radical (unpaired) electrons. The number of carbonyl (C=O) groups excluding carboxylic acids is 1. The zero-order valence-corrected chi connectivity index (χ0v) is 14.1. The Morgan fingerprint density at radius 2 is 1.74 bits per heavy atom. The van der Waals surface area contributed by atoms with Crippen molar-refractivity contribution in [2.24, 2.45) is 0 Å². The van der Waals surface area contributed by atoms with E-state index in [0.717, 1.165) is 24.9 Å². The fourth-order valence-corrected chi connectivity index (χ4v) is 2.90.